The quantitative estimate of drug-likeness (QED) is 0.684. The second-order valence-corrected chi connectivity index (χ2v) is 7.30. The maximum Gasteiger partial charge on any atom is 0.275 e. The number of benzene rings is 1. The number of nitrogens with zero attached hydrogens (tertiary/aromatic N) is 4. The molecule has 0 saturated carbocycles. The molecular weight excluding hydrogens is 427 g/mol. The summed E-state index contributed by atoms with van der Waals surface area (Å²) in [5, 5.41) is 5.04. The van der Waals surface area contributed by atoms with Gasteiger partial charge in [0.1, 0.15) is 0 Å². The fourth-order valence-electron chi connectivity index (χ4n) is 2.76. The van der Waals surface area contributed by atoms with Crippen LogP contribution in [0.4, 0.5) is 0 Å². The Bertz CT molecular complexity index is 710. The first-order chi connectivity index (χ1) is 11.0. The molecule has 1 fully saturated rings. The number of piperazine rings is 1. The maximum absolute atomic E-state index is 12.6. The summed E-state index contributed by atoms with van der Waals surface area (Å²) >= 11 is 8.19. The minimum atomic E-state index is 0.0254. The molecule has 0 aliphatic carbocycles. The van der Waals surface area contributed by atoms with Crippen molar-refractivity contribution < 1.29 is 4.79 Å². The van der Waals surface area contributed by atoms with Gasteiger partial charge >= 0.3 is 0 Å². The highest BCUT2D eigenvalue weighted by Gasteiger charge is 2.25. The van der Waals surface area contributed by atoms with E-state index in [4.69, 9.17) is 11.6 Å². The van der Waals surface area contributed by atoms with Crippen LogP contribution in [0.15, 0.2) is 30.5 Å². The van der Waals surface area contributed by atoms with E-state index in [1.807, 2.05) is 36.3 Å². The number of aromatic nitrogens is 2. The van der Waals surface area contributed by atoms with Gasteiger partial charge in [0.25, 0.3) is 5.91 Å². The molecule has 1 aliphatic heterocycles. The lowest BCUT2D eigenvalue weighted by Crippen LogP contribution is -2.48. The first-order valence-electron chi connectivity index (χ1n) is 7.48. The van der Waals surface area contributed by atoms with Crippen molar-refractivity contribution in [2.45, 2.75) is 6.54 Å². The molecule has 1 aliphatic rings. The van der Waals surface area contributed by atoms with Gasteiger partial charge in [-0.15, -0.1) is 0 Å². The van der Waals surface area contributed by atoms with E-state index in [9.17, 15) is 4.79 Å². The van der Waals surface area contributed by atoms with Crippen LogP contribution in [0.25, 0.3) is 0 Å². The van der Waals surface area contributed by atoms with E-state index in [1.54, 1.807) is 4.68 Å². The van der Waals surface area contributed by atoms with Crippen LogP contribution in [0.2, 0.25) is 5.02 Å². The van der Waals surface area contributed by atoms with E-state index >= 15 is 0 Å². The zero-order chi connectivity index (χ0) is 16.4. The Kier molecular flexibility index (Phi) is 5.23. The molecule has 1 saturated heterocycles. The van der Waals surface area contributed by atoms with E-state index in [2.05, 4.69) is 38.7 Å². The van der Waals surface area contributed by atoms with Crippen molar-refractivity contribution in [1.82, 2.24) is 19.6 Å². The number of rotatable bonds is 3. The molecule has 2 heterocycles. The fraction of sp³-hybridized carbons (Fsp3) is 0.375. The molecular formula is C16H18ClIN4O. The van der Waals surface area contributed by atoms with Crippen molar-refractivity contribution in [3.63, 3.8) is 0 Å². The summed E-state index contributed by atoms with van der Waals surface area (Å²) in [5.74, 6) is 0.0254. The molecule has 1 aromatic carbocycles. The van der Waals surface area contributed by atoms with Gasteiger partial charge in [0.2, 0.25) is 0 Å². The predicted octanol–water partition coefficient (Wildman–Crippen LogP) is 2.64. The zero-order valence-corrected chi connectivity index (χ0v) is 15.8. The molecule has 7 heteroatoms. The Morgan fingerprint density at radius 1 is 1.30 bits per heavy atom. The van der Waals surface area contributed by atoms with Gasteiger partial charge in [-0.05, 0) is 40.3 Å². The maximum atomic E-state index is 12.6. The van der Waals surface area contributed by atoms with Crippen molar-refractivity contribution >= 4 is 40.1 Å². The first kappa shape index (κ1) is 16.7. The molecule has 0 radical (unpaired) electrons. The van der Waals surface area contributed by atoms with Crippen molar-refractivity contribution in [3.05, 3.63) is 50.3 Å². The van der Waals surface area contributed by atoms with Gasteiger partial charge in [0.05, 0.1) is 3.57 Å². The van der Waals surface area contributed by atoms with E-state index in [0.717, 1.165) is 41.3 Å². The summed E-state index contributed by atoms with van der Waals surface area (Å²) in [6.45, 7) is 4.05. The van der Waals surface area contributed by atoms with Gasteiger partial charge in [-0.3, -0.25) is 14.4 Å². The highest BCUT2D eigenvalue weighted by molar-refractivity contribution is 14.1. The molecule has 0 bridgehead atoms. The third-order valence-corrected chi connectivity index (χ3v) is 4.97. The van der Waals surface area contributed by atoms with E-state index in [-0.39, 0.29) is 5.91 Å². The number of halogens is 2. The molecule has 23 heavy (non-hydrogen) atoms. The highest BCUT2D eigenvalue weighted by atomic mass is 127. The lowest BCUT2D eigenvalue weighted by Gasteiger charge is -2.34. The molecule has 0 spiro atoms. The summed E-state index contributed by atoms with van der Waals surface area (Å²) in [7, 11) is 1.84. The van der Waals surface area contributed by atoms with Crippen molar-refractivity contribution in [1.29, 1.82) is 0 Å². The number of carbonyl (C=O) groups is 1. The largest absolute Gasteiger partial charge is 0.335 e. The second-order valence-electron chi connectivity index (χ2n) is 5.70. The highest BCUT2D eigenvalue weighted by Crippen LogP contribution is 2.16. The van der Waals surface area contributed by atoms with Crippen LogP contribution in [0, 0.1) is 3.57 Å². The lowest BCUT2D eigenvalue weighted by molar-refractivity contribution is 0.0621. The fourth-order valence-corrected chi connectivity index (χ4v) is 3.71. The second kappa shape index (κ2) is 7.19. The average Bonchev–Trinajstić information content (AvgIpc) is 2.86. The Labute approximate surface area is 154 Å². The van der Waals surface area contributed by atoms with Crippen LogP contribution in [-0.2, 0) is 13.6 Å². The van der Waals surface area contributed by atoms with Crippen LogP contribution in [0.3, 0.4) is 0 Å². The SMILES string of the molecule is Cn1cc(I)c(C(=O)N2CCN(Cc3cccc(Cl)c3)CC2)n1. The normalized spacial score (nSPS) is 15.9. The topological polar surface area (TPSA) is 41.4 Å². The predicted molar refractivity (Wildman–Crippen MR) is 98.6 cm³/mol. The summed E-state index contributed by atoms with van der Waals surface area (Å²) in [6.07, 6.45) is 1.86. The third kappa shape index (κ3) is 4.05. The van der Waals surface area contributed by atoms with Gasteiger partial charge in [0, 0.05) is 51.0 Å². The third-order valence-electron chi connectivity index (χ3n) is 3.94. The minimum Gasteiger partial charge on any atom is -0.335 e. The number of carbonyl (C=O) groups excluding carboxylic acids is 1. The zero-order valence-electron chi connectivity index (χ0n) is 12.9. The molecule has 0 atom stereocenters. The monoisotopic (exact) mass is 444 g/mol. The number of aryl methyl sites for hydroxylation is 1. The van der Waals surface area contributed by atoms with Gasteiger partial charge in [0.15, 0.2) is 5.69 Å². The van der Waals surface area contributed by atoms with Crippen LogP contribution in [-0.4, -0.2) is 51.7 Å². The van der Waals surface area contributed by atoms with Gasteiger partial charge in [-0.2, -0.15) is 5.10 Å². The van der Waals surface area contributed by atoms with Crippen molar-refractivity contribution in [3.8, 4) is 0 Å². The van der Waals surface area contributed by atoms with Crippen LogP contribution >= 0.6 is 34.2 Å². The molecule has 5 nitrogen and oxygen atoms in total. The molecule has 0 unspecified atom stereocenters. The average molecular weight is 445 g/mol. The number of amides is 1. The molecule has 0 N–H and O–H groups in total. The Hall–Kier alpha value is -1.12. The Morgan fingerprint density at radius 3 is 2.65 bits per heavy atom. The van der Waals surface area contributed by atoms with Gasteiger partial charge in [-0.25, -0.2) is 0 Å². The summed E-state index contributed by atoms with van der Waals surface area (Å²) < 4.78 is 2.58. The number of hydrogen-bond acceptors (Lipinski definition) is 3. The Balaban J connectivity index is 1.58. The first-order valence-corrected chi connectivity index (χ1v) is 8.94. The van der Waals surface area contributed by atoms with Crippen LogP contribution in [0.1, 0.15) is 16.1 Å². The number of hydrogen-bond donors (Lipinski definition) is 0. The minimum absolute atomic E-state index is 0.0254. The molecule has 3 rings (SSSR count). The van der Waals surface area contributed by atoms with Crippen LogP contribution in [0.5, 0.6) is 0 Å². The molecule has 1 aromatic heterocycles. The summed E-state index contributed by atoms with van der Waals surface area (Å²) in [4.78, 5) is 16.8. The van der Waals surface area contributed by atoms with E-state index in [0.29, 0.717) is 5.69 Å². The summed E-state index contributed by atoms with van der Waals surface area (Å²) in [6, 6.07) is 7.94. The van der Waals surface area contributed by atoms with Crippen molar-refractivity contribution in [2.24, 2.45) is 7.05 Å². The molecule has 2 aromatic rings. The lowest BCUT2D eigenvalue weighted by atomic mass is 10.2. The smallest absolute Gasteiger partial charge is 0.275 e. The standard InChI is InChI=1S/C16H18ClIN4O/c1-20-11-14(18)15(19-20)16(23)22-7-5-21(6-8-22)10-12-3-2-4-13(17)9-12/h2-4,9,11H,5-8,10H2,1H3. The van der Waals surface area contributed by atoms with Gasteiger partial charge < -0.3 is 4.90 Å². The van der Waals surface area contributed by atoms with Crippen molar-refractivity contribution in [2.75, 3.05) is 26.2 Å². The molecule has 1 amide bonds. The van der Waals surface area contributed by atoms with Crippen LogP contribution < -0.4 is 0 Å². The summed E-state index contributed by atoms with van der Waals surface area (Å²) in [5.41, 5.74) is 1.76. The van der Waals surface area contributed by atoms with E-state index in [1.165, 1.54) is 5.56 Å². The van der Waals surface area contributed by atoms with E-state index < -0.39 is 0 Å². The Morgan fingerprint density at radius 2 is 2.04 bits per heavy atom. The van der Waals surface area contributed by atoms with Gasteiger partial charge in [-0.1, -0.05) is 23.7 Å². The molecule has 122 valence electrons.